The van der Waals surface area contributed by atoms with Crippen molar-refractivity contribution in [1.82, 2.24) is 5.32 Å². The number of benzene rings is 1. The lowest BCUT2D eigenvalue weighted by Crippen LogP contribution is -2.38. The molecule has 19 heavy (non-hydrogen) atoms. The highest BCUT2D eigenvalue weighted by atomic mass is 32.1. The van der Waals surface area contributed by atoms with Crippen LogP contribution in [-0.2, 0) is 4.79 Å². The van der Waals surface area contributed by atoms with Gasteiger partial charge in [0.25, 0.3) is 0 Å². The van der Waals surface area contributed by atoms with Gasteiger partial charge < -0.3 is 5.73 Å². The summed E-state index contributed by atoms with van der Waals surface area (Å²) in [4.78, 5) is 11.4. The average molecular weight is 288 g/mol. The molecule has 3 nitrogen and oxygen atoms in total. The van der Waals surface area contributed by atoms with E-state index < -0.39 is 24.7 Å². The molecule has 0 fully saturated rings. The van der Waals surface area contributed by atoms with Gasteiger partial charge in [0.1, 0.15) is 6.04 Å². The van der Waals surface area contributed by atoms with Crippen LogP contribution < -0.4 is 11.1 Å². The van der Waals surface area contributed by atoms with Crippen molar-refractivity contribution in [3.8, 4) is 0 Å². The first kappa shape index (κ1) is 13.8. The summed E-state index contributed by atoms with van der Waals surface area (Å²) in [5, 5.41) is 4.56. The minimum atomic E-state index is -4.39. The zero-order valence-electron chi connectivity index (χ0n) is 9.70. The van der Waals surface area contributed by atoms with E-state index in [0.717, 1.165) is 10.1 Å². The maximum absolute atomic E-state index is 12.2. The second kappa shape index (κ2) is 5.18. The predicted octanol–water partition coefficient (Wildman–Crippen LogP) is 2.58. The Hall–Kier alpha value is -1.60. The van der Waals surface area contributed by atoms with E-state index in [1.165, 1.54) is 11.3 Å². The van der Waals surface area contributed by atoms with E-state index in [9.17, 15) is 18.0 Å². The first-order valence-electron chi connectivity index (χ1n) is 5.44. The number of carbonyl (C=O) groups excluding carboxylic acids is 1. The van der Waals surface area contributed by atoms with Crippen LogP contribution in [0.1, 0.15) is 11.6 Å². The molecule has 1 unspecified atom stereocenters. The molecule has 1 atom stereocenters. The van der Waals surface area contributed by atoms with Gasteiger partial charge in [-0.05, 0) is 22.4 Å². The summed E-state index contributed by atoms with van der Waals surface area (Å²) >= 11 is 1.36. The van der Waals surface area contributed by atoms with Crippen LogP contribution in [0.15, 0.2) is 29.6 Å². The monoisotopic (exact) mass is 288 g/mol. The van der Waals surface area contributed by atoms with Crippen LogP contribution in [0.5, 0.6) is 0 Å². The van der Waals surface area contributed by atoms with Gasteiger partial charge in [-0.15, -0.1) is 11.3 Å². The zero-order chi connectivity index (χ0) is 14.0. The molecule has 0 spiro atoms. The number of nitrogens with two attached hydrogens (primary N) is 1. The highest BCUT2D eigenvalue weighted by Crippen LogP contribution is 2.30. The Kier molecular flexibility index (Phi) is 3.77. The minimum absolute atomic E-state index is 0.484. The number of fused-ring (bicyclic) bond motifs is 1. The quantitative estimate of drug-likeness (QED) is 0.908. The van der Waals surface area contributed by atoms with Crippen molar-refractivity contribution in [2.24, 2.45) is 5.73 Å². The Morgan fingerprint density at radius 3 is 2.68 bits per heavy atom. The average Bonchev–Trinajstić information content (AvgIpc) is 2.72. The zero-order valence-corrected chi connectivity index (χ0v) is 10.5. The second-order valence-corrected chi connectivity index (χ2v) is 4.93. The molecule has 7 heteroatoms. The third-order valence-corrected chi connectivity index (χ3v) is 3.59. The van der Waals surface area contributed by atoms with Gasteiger partial charge in [0, 0.05) is 4.70 Å². The number of thiophene rings is 1. The molecule has 0 bridgehead atoms. The van der Waals surface area contributed by atoms with Crippen LogP contribution in [-0.4, -0.2) is 18.6 Å². The summed E-state index contributed by atoms with van der Waals surface area (Å²) < 4.78 is 37.6. The lowest BCUT2D eigenvalue weighted by molar-refractivity contribution is -0.130. The van der Waals surface area contributed by atoms with Crippen molar-refractivity contribution >= 4 is 27.3 Å². The molecule has 1 aromatic heterocycles. The summed E-state index contributed by atoms with van der Waals surface area (Å²) in [5.74, 6) is -0.826. The molecule has 0 saturated heterocycles. The second-order valence-electron chi connectivity index (χ2n) is 4.02. The third-order valence-electron chi connectivity index (χ3n) is 2.61. The molecule has 1 aromatic carbocycles. The molecule has 1 amide bonds. The van der Waals surface area contributed by atoms with E-state index in [4.69, 9.17) is 5.73 Å². The number of hydrogen-bond acceptors (Lipinski definition) is 3. The normalized spacial score (nSPS) is 13.6. The summed E-state index contributed by atoms with van der Waals surface area (Å²) in [6.45, 7) is -1.26. The van der Waals surface area contributed by atoms with Crippen LogP contribution >= 0.6 is 11.3 Å². The van der Waals surface area contributed by atoms with Crippen LogP contribution in [0, 0.1) is 0 Å². The molecule has 2 rings (SSSR count). The van der Waals surface area contributed by atoms with E-state index >= 15 is 0 Å². The maximum Gasteiger partial charge on any atom is 0.401 e. The smallest absolute Gasteiger partial charge is 0.368 e. The van der Waals surface area contributed by atoms with Crippen LogP contribution in [0.25, 0.3) is 10.1 Å². The summed E-state index contributed by atoms with van der Waals surface area (Å²) in [7, 11) is 0. The van der Waals surface area contributed by atoms with E-state index in [2.05, 4.69) is 5.32 Å². The number of nitrogens with one attached hydrogen (secondary N) is 1. The fraction of sp³-hybridized carbons (Fsp3) is 0.250. The fourth-order valence-electron chi connectivity index (χ4n) is 1.80. The first-order chi connectivity index (χ1) is 8.88. The van der Waals surface area contributed by atoms with Gasteiger partial charge in [0.15, 0.2) is 0 Å². The molecule has 0 aliphatic rings. The summed E-state index contributed by atoms with van der Waals surface area (Å²) in [6, 6.07) is 6.04. The number of alkyl halides is 3. The first-order valence-corrected chi connectivity index (χ1v) is 6.32. The minimum Gasteiger partial charge on any atom is -0.368 e. The number of hydrogen-bond donors (Lipinski definition) is 2. The molecular formula is C12H11F3N2OS. The Morgan fingerprint density at radius 1 is 1.37 bits per heavy atom. The van der Waals surface area contributed by atoms with Gasteiger partial charge in [-0.2, -0.15) is 13.2 Å². The molecular weight excluding hydrogens is 277 g/mol. The fourth-order valence-corrected chi connectivity index (χ4v) is 2.79. The van der Waals surface area contributed by atoms with Gasteiger partial charge in [0.2, 0.25) is 5.91 Å². The van der Waals surface area contributed by atoms with Crippen LogP contribution in [0.4, 0.5) is 13.2 Å². The van der Waals surface area contributed by atoms with Crippen molar-refractivity contribution in [2.45, 2.75) is 12.2 Å². The van der Waals surface area contributed by atoms with E-state index in [1.54, 1.807) is 17.5 Å². The largest absolute Gasteiger partial charge is 0.401 e. The van der Waals surface area contributed by atoms with Crippen LogP contribution in [0.3, 0.4) is 0 Å². The third kappa shape index (κ3) is 3.24. The Morgan fingerprint density at radius 2 is 2.05 bits per heavy atom. The molecule has 102 valence electrons. The number of primary amides is 1. The van der Waals surface area contributed by atoms with Crippen LogP contribution in [0.2, 0.25) is 0 Å². The summed E-state index contributed by atoms with van der Waals surface area (Å²) in [5.41, 5.74) is 5.67. The molecule has 0 saturated carbocycles. The SMILES string of the molecule is NC(=O)C(NCC(F)(F)F)c1csc2ccccc12. The Bertz CT molecular complexity index is 594. The van der Waals surface area contributed by atoms with E-state index in [1.807, 2.05) is 12.1 Å². The van der Waals surface area contributed by atoms with E-state index in [0.29, 0.717) is 5.56 Å². The topological polar surface area (TPSA) is 55.1 Å². The molecule has 2 aromatic rings. The van der Waals surface area contributed by atoms with Crippen molar-refractivity contribution in [3.63, 3.8) is 0 Å². The van der Waals surface area contributed by atoms with E-state index in [-0.39, 0.29) is 0 Å². The lowest BCUT2D eigenvalue weighted by Gasteiger charge is -2.16. The predicted molar refractivity (Wildman–Crippen MR) is 67.8 cm³/mol. The van der Waals surface area contributed by atoms with Gasteiger partial charge in [-0.3, -0.25) is 10.1 Å². The number of rotatable bonds is 4. The molecule has 0 radical (unpaired) electrons. The van der Waals surface area contributed by atoms with Gasteiger partial charge in [-0.1, -0.05) is 18.2 Å². The molecule has 0 aliphatic carbocycles. The molecule has 3 N–H and O–H groups in total. The molecule has 1 heterocycles. The Labute approximate surface area is 111 Å². The standard InChI is InChI=1S/C12H11F3N2OS/c13-12(14,15)6-17-10(11(16)18)8-5-19-9-4-2-1-3-7(8)9/h1-5,10,17H,6H2,(H2,16,18). The highest BCUT2D eigenvalue weighted by molar-refractivity contribution is 7.17. The number of halogens is 3. The van der Waals surface area contributed by atoms with Crippen molar-refractivity contribution < 1.29 is 18.0 Å². The maximum atomic E-state index is 12.2. The number of carbonyl (C=O) groups is 1. The van der Waals surface area contributed by atoms with Gasteiger partial charge >= 0.3 is 6.18 Å². The van der Waals surface area contributed by atoms with Gasteiger partial charge in [-0.25, -0.2) is 0 Å². The highest BCUT2D eigenvalue weighted by Gasteiger charge is 2.30. The number of amides is 1. The van der Waals surface area contributed by atoms with Crippen molar-refractivity contribution in [3.05, 3.63) is 35.2 Å². The lowest BCUT2D eigenvalue weighted by atomic mass is 10.1. The van der Waals surface area contributed by atoms with Crippen molar-refractivity contribution in [1.29, 1.82) is 0 Å². The summed E-state index contributed by atoms with van der Waals surface area (Å²) in [6.07, 6.45) is -4.39. The van der Waals surface area contributed by atoms with Gasteiger partial charge in [0.05, 0.1) is 6.54 Å². The van der Waals surface area contributed by atoms with Crippen molar-refractivity contribution in [2.75, 3.05) is 6.54 Å². The molecule has 0 aliphatic heterocycles. The Balaban J connectivity index is 2.31.